The molecule has 1 N–H and O–H groups in total. The molecule has 1 heterocycles. The molecule has 0 radical (unpaired) electrons. The van der Waals surface area contributed by atoms with Crippen LogP contribution >= 0.6 is 0 Å². The van der Waals surface area contributed by atoms with Crippen LogP contribution in [0.2, 0.25) is 0 Å². The fourth-order valence-corrected chi connectivity index (χ4v) is 2.96. The van der Waals surface area contributed by atoms with Crippen LogP contribution in [-0.4, -0.2) is 49.6 Å². The minimum absolute atomic E-state index is 0.0692. The molecular weight excluding hydrogens is 304 g/mol. The Morgan fingerprint density at radius 3 is 2.58 bits per heavy atom. The van der Waals surface area contributed by atoms with Gasteiger partial charge in [0.1, 0.15) is 0 Å². The van der Waals surface area contributed by atoms with Crippen molar-refractivity contribution < 1.29 is 14.3 Å². The smallest absolute Gasteiger partial charge is 0.251 e. The lowest BCUT2D eigenvalue weighted by molar-refractivity contribution is -0.127. The van der Waals surface area contributed by atoms with E-state index >= 15 is 0 Å². The second-order valence-corrected chi connectivity index (χ2v) is 6.49. The second kappa shape index (κ2) is 7.62. The summed E-state index contributed by atoms with van der Waals surface area (Å²) in [6.07, 6.45) is 6.71. The summed E-state index contributed by atoms with van der Waals surface area (Å²) >= 11 is 0. The van der Waals surface area contributed by atoms with Crippen LogP contribution in [0.5, 0.6) is 0 Å². The van der Waals surface area contributed by atoms with Gasteiger partial charge in [-0.15, -0.1) is 0 Å². The molecule has 0 spiro atoms. The van der Waals surface area contributed by atoms with Crippen molar-refractivity contribution in [2.24, 2.45) is 5.92 Å². The van der Waals surface area contributed by atoms with Gasteiger partial charge in [0.15, 0.2) is 0 Å². The quantitative estimate of drug-likeness (QED) is 0.814. The Bertz CT molecular complexity index is 614. The summed E-state index contributed by atoms with van der Waals surface area (Å²) in [6.45, 7) is 2.37. The van der Waals surface area contributed by atoms with Gasteiger partial charge in [-0.1, -0.05) is 12.1 Å². The standard InChI is InChI=1S/C19H24N2O3/c1-20-19(23)16-5-2-14(3-6-16)4-9-18(22)21(17-7-8-17)12-15-10-11-24-13-15/h2-6,9,15,17H,7-8,10-13H2,1H3,(H,20,23)/b9-4-/t15-/m0/s1. The number of nitrogens with one attached hydrogen (secondary N) is 1. The Kier molecular flexibility index (Phi) is 5.30. The van der Waals surface area contributed by atoms with Crippen LogP contribution in [0, 0.1) is 5.92 Å². The maximum atomic E-state index is 12.5. The molecule has 1 saturated carbocycles. The van der Waals surface area contributed by atoms with Gasteiger partial charge < -0.3 is 15.0 Å². The highest BCUT2D eigenvalue weighted by molar-refractivity contribution is 5.95. The van der Waals surface area contributed by atoms with Crippen LogP contribution in [0.4, 0.5) is 0 Å². The minimum Gasteiger partial charge on any atom is -0.381 e. The molecule has 5 heteroatoms. The normalized spacial score (nSPS) is 20.3. The van der Waals surface area contributed by atoms with Gasteiger partial charge >= 0.3 is 0 Å². The summed E-state index contributed by atoms with van der Waals surface area (Å²) in [5.74, 6) is 0.426. The van der Waals surface area contributed by atoms with Crippen LogP contribution in [0.3, 0.4) is 0 Å². The monoisotopic (exact) mass is 328 g/mol. The number of amides is 2. The molecule has 0 bridgehead atoms. The van der Waals surface area contributed by atoms with E-state index in [2.05, 4.69) is 5.32 Å². The molecule has 3 rings (SSSR count). The van der Waals surface area contributed by atoms with E-state index in [4.69, 9.17) is 4.74 Å². The van der Waals surface area contributed by atoms with E-state index in [0.717, 1.165) is 44.6 Å². The highest BCUT2D eigenvalue weighted by Gasteiger charge is 2.33. The minimum atomic E-state index is -0.111. The molecule has 2 aliphatic rings. The summed E-state index contributed by atoms with van der Waals surface area (Å²) in [7, 11) is 1.61. The van der Waals surface area contributed by atoms with Gasteiger partial charge in [0, 0.05) is 43.8 Å². The topological polar surface area (TPSA) is 58.6 Å². The van der Waals surface area contributed by atoms with E-state index in [1.54, 1.807) is 25.3 Å². The van der Waals surface area contributed by atoms with Crippen LogP contribution in [0.25, 0.3) is 6.08 Å². The molecule has 1 saturated heterocycles. The molecule has 1 aromatic rings. The first kappa shape index (κ1) is 16.7. The number of hydrogen-bond acceptors (Lipinski definition) is 3. The zero-order chi connectivity index (χ0) is 16.9. The van der Waals surface area contributed by atoms with E-state index in [1.165, 1.54) is 0 Å². The first-order chi connectivity index (χ1) is 11.7. The molecule has 1 aromatic carbocycles. The van der Waals surface area contributed by atoms with Crippen LogP contribution in [-0.2, 0) is 9.53 Å². The van der Waals surface area contributed by atoms with Gasteiger partial charge in [0.25, 0.3) is 5.91 Å². The van der Waals surface area contributed by atoms with Crippen molar-refractivity contribution in [3.8, 4) is 0 Å². The van der Waals surface area contributed by atoms with Gasteiger partial charge in [-0.25, -0.2) is 0 Å². The van der Waals surface area contributed by atoms with E-state index in [1.807, 2.05) is 23.1 Å². The van der Waals surface area contributed by atoms with Crippen molar-refractivity contribution in [2.75, 3.05) is 26.8 Å². The molecule has 1 atom stereocenters. The van der Waals surface area contributed by atoms with Crippen LogP contribution in [0.15, 0.2) is 30.3 Å². The molecular formula is C19H24N2O3. The van der Waals surface area contributed by atoms with E-state index in [9.17, 15) is 9.59 Å². The Labute approximate surface area is 142 Å². The highest BCUT2D eigenvalue weighted by atomic mass is 16.5. The molecule has 0 aromatic heterocycles. The molecule has 24 heavy (non-hydrogen) atoms. The third-order valence-electron chi connectivity index (χ3n) is 4.57. The Morgan fingerprint density at radius 2 is 2.00 bits per heavy atom. The lowest BCUT2D eigenvalue weighted by atomic mass is 10.1. The summed E-state index contributed by atoms with van der Waals surface area (Å²) < 4.78 is 5.42. The fourth-order valence-electron chi connectivity index (χ4n) is 2.96. The molecule has 2 fully saturated rings. The summed E-state index contributed by atoms with van der Waals surface area (Å²) in [5, 5.41) is 2.59. The number of ether oxygens (including phenoxy) is 1. The Balaban J connectivity index is 1.61. The molecule has 2 amide bonds. The highest BCUT2D eigenvalue weighted by Crippen LogP contribution is 2.29. The van der Waals surface area contributed by atoms with E-state index in [-0.39, 0.29) is 11.8 Å². The van der Waals surface area contributed by atoms with Crippen molar-refractivity contribution in [1.29, 1.82) is 0 Å². The van der Waals surface area contributed by atoms with Crippen LogP contribution < -0.4 is 5.32 Å². The van der Waals surface area contributed by atoms with Gasteiger partial charge in [-0.05, 0) is 43.0 Å². The van der Waals surface area contributed by atoms with Crippen molar-refractivity contribution >= 4 is 17.9 Å². The first-order valence-corrected chi connectivity index (χ1v) is 8.56. The number of carbonyl (C=O) groups is 2. The third kappa shape index (κ3) is 4.23. The molecule has 128 valence electrons. The second-order valence-electron chi connectivity index (χ2n) is 6.49. The lowest BCUT2D eigenvalue weighted by Crippen LogP contribution is -2.36. The van der Waals surface area contributed by atoms with Gasteiger partial charge in [0.2, 0.25) is 5.91 Å². The van der Waals surface area contributed by atoms with E-state index < -0.39 is 0 Å². The average Bonchev–Trinajstić information content (AvgIpc) is 3.33. The van der Waals surface area contributed by atoms with Gasteiger partial charge in [-0.3, -0.25) is 9.59 Å². The van der Waals surface area contributed by atoms with E-state index in [0.29, 0.717) is 17.5 Å². The predicted molar refractivity (Wildman–Crippen MR) is 92.5 cm³/mol. The number of rotatable bonds is 6. The zero-order valence-corrected chi connectivity index (χ0v) is 14.0. The SMILES string of the molecule is CNC(=O)c1ccc(/C=C\C(=O)N(C[C@@H]2CCOC2)C2CC2)cc1. The summed E-state index contributed by atoms with van der Waals surface area (Å²) in [6, 6.07) is 7.62. The molecule has 1 aliphatic carbocycles. The van der Waals surface area contributed by atoms with Gasteiger partial charge in [0.05, 0.1) is 6.61 Å². The van der Waals surface area contributed by atoms with Gasteiger partial charge in [-0.2, -0.15) is 0 Å². The Morgan fingerprint density at radius 1 is 1.25 bits per heavy atom. The Hall–Kier alpha value is -2.14. The maximum Gasteiger partial charge on any atom is 0.251 e. The molecule has 0 unspecified atom stereocenters. The lowest BCUT2D eigenvalue weighted by Gasteiger charge is -2.23. The van der Waals surface area contributed by atoms with Crippen molar-refractivity contribution in [1.82, 2.24) is 10.2 Å². The first-order valence-electron chi connectivity index (χ1n) is 8.56. The molecule has 5 nitrogen and oxygen atoms in total. The number of hydrogen-bond donors (Lipinski definition) is 1. The van der Waals surface area contributed by atoms with Crippen molar-refractivity contribution in [2.45, 2.75) is 25.3 Å². The third-order valence-corrected chi connectivity index (χ3v) is 4.57. The number of carbonyl (C=O) groups excluding carboxylic acids is 2. The zero-order valence-electron chi connectivity index (χ0n) is 14.0. The fraction of sp³-hybridized carbons (Fsp3) is 0.474. The largest absolute Gasteiger partial charge is 0.381 e. The van der Waals surface area contributed by atoms with Crippen molar-refractivity contribution in [3.05, 3.63) is 41.5 Å². The maximum absolute atomic E-state index is 12.5. The summed E-state index contributed by atoms with van der Waals surface area (Å²) in [5.41, 5.74) is 1.53. The summed E-state index contributed by atoms with van der Waals surface area (Å²) in [4.78, 5) is 26.1. The number of nitrogens with zero attached hydrogens (tertiary/aromatic N) is 1. The van der Waals surface area contributed by atoms with Crippen LogP contribution in [0.1, 0.15) is 35.2 Å². The number of benzene rings is 1. The van der Waals surface area contributed by atoms with Crippen molar-refractivity contribution in [3.63, 3.8) is 0 Å². The predicted octanol–water partition coefficient (Wildman–Crippen LogP) is 2.09. The molecule has 1 aliphatic heterocycles. The average molecular weight is 328 g/mol.